The molecule has 0 bridgehead atoms. The number of rotatable bonds is 9. The summed E-state index contributed by atoms with van der Waals surface area (Å²) in [4.78, 5) is 2.33. The third-order valence-electron chi connectivity index (χ3n) is 11.1. The first kappa shape index (κ1) is 35.2. The molecule has 0 unspecified atom stereocenters. The second-order valence-electron chi connectivity index (χ2n) is 14.6. The van der Waals surface area contributed by atoms with Crippen LogP contribution >= 0.6 is 11.3 Å². The molecule has 2 aromatic heterocycles. The Morgan fingerprint density at radius 2 is 1.07 bits per heavy atom. The number of thiophene rings is 1. The van der Waals surface area contributed by atoms with Crippen LogP contribution in [0.2, 0.25) is 0 Å². The van der Waals surface area contributed by atoms with Crippen LogP contribution in [0, 0.1) is 0 Å². The van der Waals surface area contributed by atoms with Crippen LogP contribution in [0.3, 0.4) is 0 Å². The van der Waals surface area contributed by atoms with Gasteiger partial charge in [0.05, 0.1) is 21.4 Å². The van der Waals surface area contributed by atoms with Crippen molar-refractivity contribution in [2.45, 2.75) is 6.92 Å². The Labute approximate surface area is 343 Å². The lowest BCUT2D eigenvalue weighted by Crippen LogP contribution is -2.09. The molecule has 276 valence electrons. The molecule has 0 amide bonds. The quantitative estimate of drug-likeness (QED) is 0.133. The molecule has 0 spiro atoms. The molecule has 0 saturated carbocycles. The molecule has 2 heterocycles. The first-order valence-corrected chi connectivity index (χ1v) is 20.5. The van der Waals surface area contributed by atoms with E-state index in [1.54, 1.807) is 0 Å². The molecule has 8 aromatic carbocycles. The topological polar surface area (TPSA) is 8.17 Å². The van der Waals surface area contributed by atoms with Crippen molar-refractivity contribution in [1.82, 2.24) is 4.57 Å². The molecule has 10 rings (SSSR count). The molecule has 0 aliphatic carbocycles. The van der Waals surface area contributed by atoms with Crippen molar-refractivity contribution >= 4 is 76.0 Å². The zero-order valence-corrected chi connectivity index (χ0v) is 33.0. The highest BCUT2D eigenvalue weighted by Crippen LogP contribution is 2.42. The maximum absolute atomic E-state index is 4.30. The van der Waals surface area contributed by atoms with Crippen LogP contribution in [0.25, 0.3) is 75.5 Å². The van der Waals surface area contributed by atoms with Crippen molar-refractivity contribution in [2.75, 3.05) is 4.90 Å². The average Bonchev–Trinajstić information content (AvgIpc) is 3.83. The van der Waals surface area contributed by atoms with E-state index in [9.17, 15) is 0 Å². The van der Waals surface area contributed by atoms with Crippen molar-refractivity contribution in [3.05, 3.63) is 225 Å². The number of nitrogens with zero attached hydrogens (tertiary/aromatic N) is 2. The van der Waals surface area contributed by atoms with E-state index in [4.69, 9.17) is 0 Å². The predicted octanol–water partition coefficient (Wildman–Crippen LogP) is 16.1. The highest BCUT2D eigenvalue weighted by Gasteiger charge is 2.18. The second-order valence-corrected chi connectivity index (χ2v) is 15.6. The maximum Gasteiger partial charge on any atom is 0.0640 e. The van der Waals surface area contributed by atoms with Crippen LogP contribution in [0.5, 0.6) is 0 Å². The number of benzene rings is 8. The van der Waals surface area contributed by atoms with E-state index in [0.717, 1.165) is 28.2 Å². The normalized spacial score (nSPS) is 11.8. The maximum atomic E-state index is 4.30. The van der Waals surface area contributed by atoms with Crippen molar-refractivity contribution in [1.29, 1.82) is 0 Å². The molecule has 0 aliphatic heterocycles. The number of allylic oxidation sites excluding steroid dienone is 5. The summed E-state index contributed by atoms with van der Waals surface area (Å²) in [6.45, 7) is 6.32. The van der Waals surface area contributed by atoms with Crippen LogP contribution in [-0.2, 0) is 0 Å². The fraction of sp³-hybridized carbons (Fsp3) is 0.0182. The van der Waals surface area contributed by atoms with Crippen LogP contribution in [0.1, 0.15) is 12.5 Å². The van der Waals surface area contributed by atoms with E-state index >= 15 is 0 Å². The Kier molecular flexibility index (Phi) is 9.14. The number of hydrogen-bond donors (Lipinski definition) is 0. The summed E-state index contributed by atoms with van der Waals surface area (Å²) in [5, 5.41) is 5.12. The highest BCUT2D eigenvalue weighted by atomic mass is 32.1. The third kappa shape index (κ3) is 6.32. The lowest BCUT2D eigenvalue weighted by Gasteiger charge is -2.26. The fourth-order valence-electron chi connectivity index (χ4n) is 8.21. The van der Waals surface area contributed by atoms with E-state index in [-0.39, 0.29) is 0 Å². The Morgan fingerprint density at radius 1 is 0.500 bits per heavy atom. The van der Waals surface area contributed by atoms with E-state index < -0.39 is 0 Å². The standard InChI is InChI=1S/C55H40N2S/c1-3-4-6-14-38(2)39-23-30-44(31-24-39)56(45-32-25-41(26-33-45)40-15-7-5-8-16-40)46-34-27-42(28-35-46)43-29-36-52-50(37-43)47-17-9-11-20-51(47)57(52)53-21-13-19-49-48-18-10-12-22-54(48)58-55(49)53/h3-37H,2H2,1H3/b4-3-,14-6-. The lowest BCUT2D eigenvalue weighted by molar-refractivity contribution is 1.20. The SMILES string of the molecule is C=C(/C=C\C=C/C)c1ccc(N(c2ccc(-c3ccccc3)cc2)c2ccc(-c3ccc4c(c3)c3ccccc3n4-c3cccc4c3sc3ccccc34)cc2)cc1. The summed E-state index contributed by atoms with van der Waals surface area (Å²) in [7, 11) is 0. The summed E-state index contributed by atoms with van der Waals surface area (Å²) < 4.78 is 5.08. The van der Waals surface area contributed by atoms with Crippen LogP contribution < -0.4 is 4.90 Å². The molecule has 10 aromatic rings. The zero-order valence-electron chi connectivity index (χ0n) is 32.2. The van der Waals surface area contributed by atoms with Gasteiger partial charge in [-0.3, -0.25) is 0 Å². The van der Waals surface area contributed by atoms with Gasteiger partial charge in [0.25, 0.3) is 0 Å². The van der Waals surface area contributed by atoms with Gasteiger partial charge in [0.1, 0.15) is 0 Å². The predicted molar refractivity (Wildman–Crippen MR) is 252 cm³/mol. The number of fused-ring (bicyclic) bond motifs is 6. The Morgan fingerprint density at radius 3 is 1.79 bits per heavy atom. The molecule has 0 radical (unpaired) electrons. The van der Waals surface area contributed by atoms with Gasteiger partial charge in [-0.05, 0) is 107 Å². The Bertz CT molecular complexity index is 3160. The van der Waals surface area contributed by atoms with Gasteiger partial charge in [-0.15, -0.1) is 11.3 Å². The van der Waals surface area contributed by atoms with Gasteiger partial charge in [0, 0.05) is 43.3 Å². The van der Waals surface area contributed by atoms with Gasteiger partial charge >= 0.3 is 0 Å². The summed E-state index contributed by atoms with van der Waals surface area (Å²) in [5.41, 5.74) is 13.7. The van der Waals surface area contributed by atoms with Crippen molar-refractivity contribution in [3.63, 3.8) is 0 Å². The van der Waals surface area contributed by atoms with Gasteiger partial charge < -0.3 is 9.47 Å². The highest BCUT2D eigenvalue weighted by molar-refractivity contribution is 7.26. The minimum atomic E-state index is 0.977. The third-order valence-corrected chi connectivity index (χ3v) is 12.3. The average molecular weight is 761 g/mol. The van der Waals surface area contributed by atoms with Gasteiger partial charge in [-0.25, -0.2) is 0 Å². The van der Waals surface area contributed by atoms with Crippen molar-refractivity contribution in [3.8, 4) is 27.9 Å². The fourth-order valence-corrected chi connectivity index (χ4v) is 9.41. The van der Waals surface area contributed by atoms with Gasteiger partial charge in [0.2, 0.25) is 0 Å². The first-order valence-electron chi connectivity index (χ1n) is 19.7. The summed E-state index contributed by atoms with van der Waals surface area (Å²) >= 11 is 1.88. The van der Waals surface area contributed by atoms with Gasteiger partial charge in [0.15, 0.2) is 0 Å². The van der Waals surface area contributed by atoms with Crippen molar-refractivity contribution in [2.24, 2.45) is 0 Å². The van der Waals surface area contributed by atoms with E-state index in [1.165, 1.54) is 69.9 Å². The van der Waals surface area contributed by atoms with E-state index in [0.29, 0.717) is 0 Å². The number of aromatic nitrogens is 1. The molecular weight excluding hydrogens is 721 g/mol. The van der Waals surface area contributed by atoms with Crippen LogP contribution in [0.15, 0.2) is 219 Å². The molecular formula is C55H40N2S. The number of para-hydroxylation sites is 1. The Balaban J connectivity index is 1.03. The minimum Gasteiger partial charge on any atom is -0.311 e. The Hall–Kier alpha value is -7.20. The molecule has 3 heteroatoms. The monoisotopic (exact) mass is 760 g/mol. The first-order chi connectivity index (χ1) is 28.6. The van der Waals surface area contributed by atoms with Gasteiger partial charge in [-0.1, -0.05) is 152 Å². The smallest absolute Gasteiger partial charge is 0.0640 e. The van der Waals surface area contributed by atoms with E-state index in [1.807, 2.05) is 36.5 Å². The summed E-state index contributed by atoms with van der Waals surface area (Å²) in [6.07, 6.45) is 8.12. The molecule has 58 heavy (non-hydrogen) atoms. The minimum absolute atomic E-state index is 0.977. The largest absolute Gasteiger partial charge is 0.311 e. The summed E-state index contributed by atoms with van der Waals surface area (Å²) in [5.74, 6) is 0. The van der Waals surface area contributed by atoms with E-state index in [2.05, 4.69) is 210 Å². The molecule has 0 aliphatic rings. The van der Waals surface area contributed by atoms with Crippen LogP contribution in [-0.4, -0.2) is 4.57 Å². The number of hydrogen-bond acceptors (Lipinski definition) is 2. The zero-order chi connectivity index (χ0) is 39.0. The number of anilines is 3. The van der Waals surface area contributed by atoms with Crippen LogP contribution in [0.4, 0.5) is 17.1 Å². The molecule has 2 nitrogen and oxygen atoms in total. The molecule has 0 atom stereocenters. The molecule has 0 N–H and O–H groups in total. The lowest BCUT2D eigenvalue weighted by atomic mass is 10.0. The molecule has 0 fully saturated rings. The summed E-state index contributed by atoms with van der Waals surface area (Å²) in [6, 6.07) is 68.3. The van der Waals surface area contributed by atoms with Gasteiger partial charge in [-0.2, -0.15) is 0 Å². The van der Waals surface area contributed by atoms with Crippen molar-refractivity contribution < 1.29 is 0 Å². The molecule has 0 saturated heterocycles. The second kappa shape index (κ2) is 15.0.